The first-order valence-electron chi connectivity index (χ1n) is 8.44. The van der Waals surface area contributed by atoms with Crippen molar-refractivity contribution in [3.05, 3.63) is 95.3 Å². The molecular weight excluding hydrogens is 347 g/mol. The summed E-state index contributed by atoms with van der Waals surface area (Å²) >= 11 is 0. The summed E-state index contributed by atoms with van der Waals surface area (Å²) in [7, 11) is 0. The van der Waals surface area contributed by atoms with Crippen LogP contribution in [0, 0.1) is 5.82 Å². The van der Waals surface area contributed by atoms with Crippen molar-refractivity contribution in [3.63, 3.8) is 0 Å². The first-order valence-corrected chi connectivity index (χ1v) is 8.44. The summed E-state index contributed by atoms with van der Waals surface area (Å²) in [5.74, 6) is -0.859. The zero-order valence-electron chi connectivity index (χ0n) is 14.2. The van der Waals surface area contributed by atoms with E-state index in [4.69, 9.17) is 9.47 Å². The van der Waals surface area contributed by atoms with Crippen molar-refractivity contribution in [1.82, 2.24) is 0 Å². The topological polar surface area (TPSA) is 52.6 Å². The Morgan fingerprint density at radius 2 is 1.41 bits per heavy atom. The maximum absolute atomic E-state index is 13.0. The molecule has 0 amide bonds. The highest BCUT2D eigenvalue weighted by atomic mass is 19.1. The number of hydrogen-bond acceptors (Lipinski definition) is 4. The maximum atomic E-state index is 13.0. The molecule has 3 aromatic rings. The fraction of sp³-hybridized carbons (Fsp3) is 0.0909. The number of rotatable bonds is 4. The smallest absolute Gasteiger partial charge is 0.318 e. The fourth-order valence-electron chi connectivity index (χ4n) is 3.10. The average molecular weight is 362 g/mol. The summed E-state index contributed by atoms with van der Waals surface area (Å²) in [5, 5.41) is 0. The Balaban J connectivity index is 1.57. The van der Waals surface area contributed by atoms with Gasteiger partial charge in [-0.25, -0.2) is 4.39 Å². The van der Waals surface area contributed by atoms with Crippen LogP contribution in [0.2, 0.25) is 0 Å². The van der Waals surface area contributed by atoms with E-state index in [1.165, 1.54) is 24.3 Å². The third kappa shape index (κ3) is 3.31. The number of fused-ring (bicyclic) bond motifs is 2. The van der Waals surface area contributed by atoms with Crippen LogP contribution in [0.1, 0.15) is 27.4 Å². The third-order valence-electron chi connectivity index (χ3n) is 4.43. The molecule has 0 N–H and O–H groups in total. The Kier molecular flexibility index (Phi) is 4.42. The molecule has 0 fully saturated rings. The van der Waals surface area contributed by atoms with Crippen molar-refractivity contribution in [3.8, 4) is 11.5 Å². The molecule has 0 aromatic heterocycles. The number of para-hydroxylation sites is 2. The second kappa shape index (κ2) is 7.03. The average Bonchev–Trinajstić information content (AvgIpc) is 2.70. The quantitative estimate of drug-likeness (QED) is 0.507. The maximum Gasteiger partial charge on any atom is 0.318 e. The first-order chi connectivity index (χ1) is 13.1. The van der Waals surface area contributed by atoms with E-state index in [-0.39, 0.29) is 5.56 Å². The van der Waals surface area contributed by atoms with Crippen molar-refractivity contribution < 1.29 is 23.5 Å². The van der Waals surface area contributed by atoms with Crippen LogP contribution in [0.5, 0.6) is 11.5 Å². The van der Waals surface area contributed by atoms with E-state index in [1.54, 1.807) is 24.3 Å². The molecule has 1 aliphatic heterocycles. The summed E-state index contributed by atoms with van der Waals surface area (Å²) in [5.41, 5.74) is 1.67. The van der Waals surface area contributed by atoms with Gasteiger partial charge in [0.2, 0.25) is 0 Å². The molecule has 0 unspecified atom stereocenters. The molecule has 4 nitrogen and oxygen atoms in total. The van der Waals surface area contributed by atoms with Gasteiger partial charge in [0.25, 0.3) is 0 Å². The van der Waals surface area contributed by atoms with Gasteiger partial charge in [0.05, 0.1) is 0 Å². The number of ether oxygens (including phenoxy) is 2. The molecular formula is C22H15FO4. The van der Waals surface area contributed by atoms with Gasteiger partial charge >= 0.3 is 5.97 Å². The summed E-state index contributed by atoms with van der Waals surface area (Å²) in [4.78, 5) is 25.0. The predicted molar refractivity (Wildman–Crippen MR) is 96.5 cm³/mol. The minimum atomic E-state index is -0.674. The molecule has 5 heteroatoms. The third-order valence-corrected chi connectivity index (χ3v) is 4.43. The monoisotopic (exact) mass is 362 g/mol. The second-order valence-electron chi connectivity index (χ2n) is 6.15. The summed E-state index contributed by atoms with van der Waals surface area (Å²) in [6, 6.07) is 19.6. The molecule has 27 heavy (non-hydrogen) atoms. The van der Waals surface area contributed by atoms with Gasteiger partial charge < -0.3 is 9.47 Å². The van der Waals surface area contributed by atoms with Gasteiger partial charge in [-0.05, 0) is 36.4 Å². The predicted octanol–water partition coefficient (Wildman–Crippen LogP) is 4.49. The molecule has 0 aliphatic carbocycles. The fourth-order valence-corrected chi connectivity index (χ4v) is 3.10. The van der Waals surface area contributed by atoms with E-state index >= 15 is 0 Å². The van der Waals surface area contributed by atoms with E-state index in [9.17, 15) is 14.0 Å². The largest absolute Gasteiger partial charge is 0.457 e. The van der Waals surface area contributed by atoms with Gasteiger partial charge in [-0.15, -0.1) is 0 Å². The molecule has 3 aromatic carbocycles. The molecule has 1 heterocycles. The van der Waals surface area contributed by atoms with Gasteiger partial charge in [-0.3, -0.25) is 9.59 Å². The lowest BCUT2D eigenvalue weighted by Gasteiger charge is -2.26. The molecule has 4 rings (SSSR count). The van der Waals surface area contributed by atoms with Gasteiger partial charge in [-0.1, -0.05) is 36.4 Å². The zero-order chi connectivity index (χ0) is 18.8. The highest BCUT2D eigenvalue weighted by Crippen LogP contribution is 2.44. The number of ketones is 1. The Bertz CT molecular complexity index is 965. The SMILES string of the molecule is O=C(COC(=O)C1c2ccccc2Oc2ccccc21)c1ccc(F)cc1. The molecule has 0 spiro atoms. The Labute approximate surface area is 155 Å². The van der Waals surface area contributed by atoms with E-state index in [0.717, 1.165) is 0 Å². The van der Waals surface area contributed by atoms with E-state index in [2.05, 4.69) is 0 Å². The lowest BCUT2D eigenvalue weighted by Crippen LogP contribution is -2.23. The lowest BCUT2D eigenvalue weighted by atomic mass is 9.88. The van der Waals surface area contributed by atoms with Gasteiger partial charge in [-0.2, -0.15) is 0 Å². The summed E-state index contributed by atoms with van der Waals surface area (Å²) in [6.07, 6.45) is 0. The minimum Gasteiger partial charge on any atom is -0.457 e. The van der Waals surface area contributed by atoms with Crippen LogP contribution in [-0.2, 0) is 9.53 Å². The Morgan fingerprint density at radius 1 is 0.852 bits per heavy atom. The molecule has 0 radical (unpaired) electrons. The number of benzene rings is 3. The second-order valence-corrected chi connectivity index (χ2v) is 6.15. The van der Waals surface area contributed by atoms with Crippen molar-refractivity contribution in [2.75, 3.05) is 6.61 Å². The minimum absolute atomic E-state index is 0.289. The van der Waals surface area contributed by atoms with Crippen molar-refractivity contribution in [2.24, 2.45) is 0 Å². The molecule has 1 aliphatic rings. The van der Waals surface area contributed by atoms with Crippen LogP contribution in [0.25, 0.3) is 0 Å². The standard InChI is InChI=1S/C22H15FO4/c23-15-11-9-14(10-12-15)18(24)13-26-22(25)21-16-5-1-3-7-19(16)27-20-8-4-2-6-17(20)21/h1-12,21H,13H2. The van der Waals surface area contributed by atoms with E-state index in [0.29, 0.717) is 22.6 Å². The summed E-state index contributed by atoms with van der Waals surface area (Å²) < 4.78 is 24.1. The van der Waals surface area contributed by atoms with Crippen LogP contribution in [-0.4, -0.2) is 18.4 Å². The van der Waals surface area contributed by atoms with Crippen LogP contribution < -0.4 is 4.74 Å². The highest BCUT2D eigenvalue weighted by molar-refractivity contribution is 5.98. The summed E-state index contributed by atoms with van der Waals surface area (Å²) in [6.45, 7) is -0.411. The molecule has 0 saturated heterocycles. The van der Waals surface area contributed by atoms with Crippen LogP contribution in [0.15, 0.2) is 72.8 Å². The van der Waals surface area contributed by atoms with Crippen molar-refractivity contribution in [2.45, 2.75) is 5.92 Å². The van der Waals surface area contributed by atoms with Crippen LogP contribution in [0.4, 0.5) is 4.39 Å². The normalized spacial score (nSPS) is 12.5. The van der Waals surface area contributed by atoms with Gasteiger partial charge in [0.15, 0.2) is 12.4 Å². The number of esters is 1. The number of halogens is 1. The van der Waals surface area contributed by atoms with Gasteiger partial charge in [0, 0.05) is 16.7 Å². The highest BCUT2D eigenvalue weighted by Gasteiger charge is 2.33. The van der Waals surface area contributed by atoms with Gasteiger partial charge in [0.1, 0.15) is 23.2 Å². The van der Waals surface area contributed by atoms with Crippen molar-refractivity contribution in [1.29, 1.82) is 0 Å². The van der Waals surface area contributed by atoms with E-state index in [1.807, 2.05) is 24.3 Å². The Morgan fingerprint density at radius 3 is 2.00 bits per heavy atom. The van der Waals surface area contributed by atoms with Crippen LogP contribution in [0.3, 0.4) is 0 Å². The number of carbonyl (C=O) groups is 2. The molecule has 0 bridgehead atoms. The Hall–Kier alpha value is -3.47. The van der Waals surface area contributed by atoms with Crippen LogP contribution >= 0.6 is 0 Å². The molecule has 134 valence electrons. The van der Waals surface area contributed by atoms with Crippen molar-refractivity contribution >= 4 is 11.8 Å². The molecule has 0 saturated carbocycles. The first kappa shape index (κ1) is 17.0. The molecule has 0 atom stereocenters. The number of hydrogen-bond donors (Lipinski definition) is 0. The number of carbonyl (C=O) groups excluding carboxylic acids is 2. The zero-order valence-corrected chi connectivity index (χ0v) is 14.2. The number of Topliss-reactive ketones (excluding diaryl/α,β-unsaturated/α-hetero) is 1. The van der Waals surface area contributed by atoms with E-state index < -0.39 is 30.1 Å². The lowest BCUT2D eigenvalue weighted by molar-refractivity contribution is -0.143.